The first-order valence-corrected chi connectivity index (χ1v) is 8.45. The van der Waals surface area contributed by atoms with Gasteiger partial charge in [0.2, 0.25) is 10.0 Å². The third-order valence-corrected chi connectivity index (χ3v) is 5.83. The van der Waals surface area contributed by atoms with Gasteiger partial charge in [-0.2, -0.15) is 0 Å². The van der Waals surface area contributed by atoms with Crippen LogP contribution in [0, 0.1) is 0 Å². The fourth-order valence-electron chi connectivity index (χ4n) is 2.80. The molecule has 100 valence electrons. The highest BCUT2D eigenvalue weighted by Gasteiger charge is 2.30. The molecule has 17 heavy (non-hydrogen) atoms. The van der Waals surface area contributed by atoms with Crippen LogP contribution in [0.25, 0.3) is 0 Å². The molecule has 2 fully saturated rings. The summed E-state index contributed by atoms with van der Waals surface area (Å²) in [5.74, 6) is 0. The molecule has 0 amide bonds. The average molecular weight is 260 g/mol. The number of rotatable bonds is 3. The van der Waals surface area contributed by atoms with Crippen molar-refractivity contribution in [2.24, 2.45) is 0 Å². The molecular formula is C12H24N2O2S. The van der Waals surface area contributed by atoms with E-state index < -0.39 is 10.0 Å². The van der Waals surface area contributed by atoms with Gasteiger partial charge in [0, 0.05) is 12.6 Å². The third kappa shape index (κ3) is 3.93. The lowest BCUT2D eigenvalue weighted by molar-refractivity contribution is 0.424. The first kappa shape index (κ1) is 13.3. The summed E-state index contributed by atoms with van der Waals surface area (Å²) in [6, 6.07) is 0.181. The number of nitrogens with one attached hydrogen (secondary N) is 2. The van der Waals surface area contributed by atoms with Gasteiger partial charge in [-0.1, -0.05) is 32.1 Å². The Balaban J connectivity index is 1.88. The molecule has 2 aliphatic rings. The van der Waals surface area contributed by atoms with Crippen LogP contribution in [0.4, 0.5) is 0 Å². The highest BCUT2D eigenvalue weighted by atomic mass is 32.2. The summed E-state index contributed by atoms with van der Waals surface area (Å²) in [5.41, 5.74) is 0. The minimum Gasteiger partial charge on any atom is -0.315 e. The molecule has 0 aromatic rings. The van der Waals surface area contributed by atoms with E-state index in [0.29, 0.717) is 6.54 Å². The quantitative estimate of drug-likeness (QED) is 0.806. The largest absolute Gasteiger partial charge is 0.315 e. The zero-order chi connectivity index (χ0) is 12.1. The zero-order valence-electron chi connectivity index (χ0n) is 10.5. The molecule has 0 aromatic carbocycles. The fraction of sp³-hybridized carbons (Fsp3) is 1.00. The first-order valence-electron chi connectivity index (χ1n) is 6.90. The summed E-state index contributed by atoms with van der Waals surface area (Å²) in [7, 11) is -3.10. The van der Waals surface area contributed by atoms with Crippen molar-refractivity contribution in [1.82, 2.24) is 10.0 Å². The van der Waals surface area contributed by atoms with Crippen molar-refractivity contribution in [3.63, 3.8) is 0 Å². The Morgan fingerprint density at radius 1 is 0.941 bits per heavy atom. The second-order valence-electron chi connectivity index (χ2n) is 5.32. The predicted octanol–water partition coefficient (Wildman–Crippen LogP) is 1.38. The molecule has 5 heteroatoms. The predicted molar refractivity (Wildman–Crippen MR) is 69.4 cm³/mol. The van der Waals surface area contributed by atoms with E-state index in [0.717, 1.165) is 38.6 Å². The summed E-state index contributed by atoms with van der Waals surface area (Å²) in [4.78, 5) is 0. The summed E-state index contributed by atoms with van der Waals surface area (Å²) in [6.07, 6.45) is 8.92. The van der Waals surface area contributed by atoms with E-state index >= 15 is 0 Å². The van der Waals surface area contributed by atoms with Gasteiger partial charge in [0.25, 0.3) is 0 Å². The number of hydrogen-bond donors (Lipinski definition) is 2. The molecule has 1 saturated heterocycles. The van der Waals surface area contributed by atoms with E-state index in [1.165, 1.54) is 19.3 Å². The lowest BCUT2D eigenvalue weighted by atomic mass is 9.97. The zero-order valence-corrected chi connectivity index (χ0v) is 11.3. The molecule has 0 radical (unpaired) electrons. The average Bonchev–Trinajstić information content (AvgIpc) is 2.75. The van der Waals surface area contributed by atoms with Gasteiger partial charge in [-0.05, 0) is 25.8 Å². The summed E-state index contributed by atoms with van der Waals surface area (Å²) in [6.45, 7) is 1.44. The summed E-state index contributed by atoms with van der Waals surface area (Å²) >= 11 is 0. The van der Waals surface area contributed by atoms with Crippen molar-refractivity contribution in [1.29, 1.82) is 0 Å². The normalized spacial score (nSPS) is 28.8. The highest BCUT2D eigenvalue weighted by Crippen LogP contribution is 2.19. The van der Waals surface area contributed by atoms with Gasteiger partial charge in [0.15, 0.2) is 0 Å². The Morgan fingerprint density at radius 3 is 2.18 bits per heavy atom. The van der Waals surface area contributed by atoms with E-state index in [1.807, 2.05) is 0 Å². The Bertz CT molecular complexity index is 315. The van der Waals surface area contributed by atoms with Crippen LogP contribution in [0.1, 0.15) is 51.4 Å². The van der Waals surface area contributed by atoms with Gasteiger partial charge in [0.1, 0.15) is 0 Å². The molecule has 1 saturated carbocycles. The molecule has 0 spiro atoms. The third-order valence-electron chi connectivity index (χ3n) is 3.89. The van der Waals surface area contributed by atoms with E-state index in [9.17, 15) is 8.42 Å². The summed E-state index contributed by atoms with van der Waals surface area (Å²) < 4.78 is 27.2. The molecule has 0 aromatic heterocycles. The van der Waals surface area contributed by atoms with Gasteiger partial charge in [-0.25, -0.2) is 13.1 Å². The molecule has 1 unspecified atom stereocenters. The van der Waals surface area contributed by atoms with Crippen molar-refractivity contribution >= 4 is 10.0 Å². The van der Waals surface area contributed by atoms with Crippen molar-refractivity contribution in [2.75, 3.05) is 13.1 Å². The SMILES string of the molecule is O=S(=O)(NC1CCCCCCC1)C1CCNC1. The van der Waals surface area contributed by atoms with E-state index in [2.05, 4.69) is 10.0 Å². The molecule has 1 atom stereocenters. The number of hydrogen-bond acceptors (Lipinski definition) is 3. The fourth-order valence-corrected chi connectivity index (χ4v) is 4.45. The Kier molecular flexibility index (Phi) is 4.82. The number of sulfonamides is 1. The lowest BCUT2D eigenvalue weighted by Gasteiger charge is -2.22. The van der Waals surface area contributed by atoms with Gasteiger partial charge >= 0.3 is 0 Å². The maximum Gasteiger partial charge on any atom is 0.216 e. The second-order valence-corrected chi connectivity index (χ2v) is 7.31. The van der Waals surface area contributed by atoms with Crippen molar-refractivity contribution in [2.45, 2.75) is 62.7 Å². The van der Waals surface area contributed by atoms with Gasteiger partial charge in [-0.3, -0.25) is 0 Å². The maximum absolute atomic E-state index is 12.1. The van der Waals surface area contributed by atoms with Gasteiger partial charge < -0.3 is 5.32 Å². The Morgan fingerprint density at radius 2 is 1.59 bits per heavy atom. The molecule has 1 aliphatic carbocycles. The molecule has 1 aliphatic heterocycles. The Labute approximate surface area is 105 Å². The van der Waals surface area contributed by atoms with E-state index in [4.69, 9.17) is 0 Å². The van der Waals surface area contributed by atoms with Crippen molar-refractivity contribution in [3.05, 3.63) is 0 Å². The molecule has 4 nitrogen and oxygen atoms in total. The van der Waals surface area contributed by atoms with Crippen LogP contribution >= 0.6 is 0 Å². The molecule has 2 rings (SSSR count). The Hall–Kier alpha value is -0.130. The van der Waals surface area contributed by atoms with Crippen LogP contribution < -0.4 is 10.0 Å². The summed E-state index contributed by atoms with van der Waals surface area (Å²) in [5, 5.41) is 2.90. The topological polar surface area (TPSA) is 58.2 Å². The molecule has 1 heterocycles. The minimum atomic E-state index is -3.10. The standard InChI is InChI=1S/C12H24N2O2S/c15-17(16,12-8-9-13-10-12)14-11-6-4-2-1-3-5-7-11/h11-14H,1-10H2. The van der Waals surface area contributed by atoms with Crippen LogP contribution in [0.2, 0.25) is 0 Å². The van der Waals surface area contributed by atoms with Gasteiger partial charge in [-0.15, -0.1) is 0 Å². The van der Waals surface area contributed by atoms with Gasteiger partial charge in [0.05, 0.1) is 5.25 Å². The highest BCUT2D eigenvalue weighted by molar-refractivity contribution is 7.90. The van der Waals surface area contributed by atoms with Crippen molar-refractivity contribution in [3.8, 4) is 0 Å². The molecule has 2 N–H and O–H groups in total. The smallest absolute Gasteiger partial charge is 0.216 e. The van der Waals surface area contributed by atoms with Crippen LogP contribution in [0.3, 0.4) is 0 Å². The molecular weight excluding hydrogens is 236 g/mol. The minimum absolute atomic E-state index is 0.181. The first-order chi connectivity index (χ1) is 8.18. The lowest BCUT2D eigenvalue weighted by Crippen LogP contribution is -2.42. The van der Waals surface area contributed by atoms with Crippen LogP contribution in [0.5, 0.6) is 0 Å². The van der Waals surface area contributed by atoms with Crippen LogP contribution in [-0.2, 0) is 10.0 Å². The second kappa shape index (κ2) is 6.16. The van der Waals surface area contributed by atoms with Crippen LogP contribution in [-0.4, -0.2) is 32.8 Å². The van der Waals surface area contributed by atoms with E-state index in [-0.39, 0.29) is 11.3 Å². The van der Waals surface area contributed by atoms with Crippen LogP contribution in [0.15, 0.2) is 0 Å². The van der Waals surface area contributed by atoms with E-state index in [1.54, 1.807) is 0 Å². The molecule has 0 bridgehead atoms. The van der Waals surface area contributed by atoms with Crippen molar-refractivity contribution < 1.29 is 8.42 Å². The monoisotopic (exact) mass is 260 g/mol. The maximum atomic E-state index is 12.1.